The highest BCUT2D eigenvalue weighted by atomic mass is 32.2. The van der Waals surface area contributed by atoms with Gasteiger partial charge in [0.2, 0.25) is 0 Å². The minimum absolute atomic E-state index is 0.0438. The predicted octanol–water partition coefficient (Wildman–Crippen LogP) is 8.68. The molecule has 0 radical (unpaired) electrons. The summed E-state index contributed by atoms with van der Waals surface area (Å²) < 4.78 is 89.2. The Morgan fingerprint density at radius 3 is 2.39 bits per heavy atom. The van der Waals surface area contributed by atoms with Crippen molar-refractivity contribution >= 4 is 21.0 Å². The van der Waals surface area contributed by atoms with Crippen LogP contribution in [-0.4, -0.2) is 61.4 Å². The lowest BCUT2D eigenvalue weighted by Crippen LogP contribution is -2.31. The topological polar surface area (TPSA) is 57.6 Å². The van der Waals surface area contributed by atoms with Crippen LogP contribution in [0.3, 0.4) is 0 Å². The van der Waals surface area contributed by atoms with Crippen LogP contribution in [0.1, 0.15) is 93.7 Å². The van der Waals surface area contributed by atoms with E-state index in [1.54, 1.807) is 6.07 Å². The lowest BCUT2D eigenvalue weighted by molar-refractivity contribution is -0.134. The third-order valence-electron chi connectivity index (χ3n) is 8.85. The summed E-state index contributed by atoms with van der Waals surface area (Å²) in [6, 6.07) is 12.2. The molecular formula is C34H44F5NO3S. The van der Waals surface area contributed by atoms with Gasteiger partial charge in [-0.05, 0) is 123 Å². The molecule has 0 aromatic heterocycles. The predicted molar refractivity (Wildman–Crippen MR) is 165 cm³/mol. The number of phenols is 1. The maximum Gasteiger partial charge on any atom is 0.389 e. The first-order valence-corrected chi connectivity index (χ1v) is 17.7. The van der Waals surface area contributed by atoms with Gasteiger partial charge in [0.05, 0.1) is 11.5 Å². The van der Waals surface area contributed by atoms with Gasteiger partial charge in [-0.1, -0.05) is 31.0 Å². The molecule has 0 spiro atoms. The molecule has 1 aliphatic carbocycles. The number of phenolic OH excluding ortho intramolecular Hbond substituents is 1. The van der Waals surface area contributed by atoms with E-state index in [0.717, 1.165) is 74.6 Å². The third kappa shape index (κ3) is 10.6. The van der Waals surface area contributed by atoms with Gasteiger partial charge in [0.1, 0.15) is 27.6 Å². The van der Waals surface area contributed by atoms with Crippen molar-refractivity contribution in [2.24, 2.45) is 0 Å². The lowest BCUT2D eigenvalue weighted by Gasteiger charge is -2.24. The van der Waals surface area contributed by atoms with Crippen molar-refractivity contribution in [3.8, 4) is 5.75 Å². The smallest absolute Gasteiger partial charge is 0.389 e. The van der Waals surface area contributed by atoms with Gasteiger partial charge in [0.15, 0.2) is 0 Å². The number of nitrogens with zero attached hydrogens (tertiary/aromatic N) is 1. The number of aromatic hydroxyl groups is 1. The molecule has 1 saturated heterocycles. The molecule has 2 aliphatic rings. The average molecular weight is 642 g/mol. The van der Waals surface area contributed by atoms with Crippen molar-refractivity contribution in [3.05, 3.63) is 65.0 Å². The number of halogens is 5. The summed E-state index contributed by atoms with van der Waals surface area (Å²) in [5.41, 5.74) is 5.78. The number of hydrogen-bond donors (Lipinski definition) is 1. The van der Waals surface area contributed by atoms with Crippen molar-refractivity contribution in [2.75, 3.05) is 24.6 Å². The Labute approximate surface area is 258 Å². The second-order valence-electron chi connectivity index (χ2n) is 12.3. The van der Waals surface area contributed by atoms with E-state index < -0.39 is 40.8 Å². The van der Waals surface area contributed by atoms with Gasteiger partial charge in [-0.3, -0.25) is 4.90 Å². The number of sulfone groups is 1. The molecule has 1 aliphatic heterocycles. The highest BCUT2D eigenvalue weighted by molar-refractivity contribution is 7.91. The largest absolute Gasteiger partial charge is 0.508 e. The van der Waals surface area contributed by atoms with Crippen LogP contribution in [0.2, 0.25) is 0 Å². The summed E-state index contributed by atoms with van der Waals surface area (Å²) in [5, 5.41) is 10.1. The molecule has 2 aromatic rings. The molecule has 1 fully saturated rings. The number of fused-ring (bicyclic) bond motifs is 1. The Balaban J connectivity index is 1.26. The molecule has 2 aromatic carbocycles. The van der Waals surface area contributed by atoms with Crippen LogP contribution in [-0.2, 0) is 16.3 Å². The fraction of sp³-hybridized carbons (Fsp3) is 0.588. The first-order valence-electron chi connectivity index (χ1n) is 15.9. The maximum atomic E-state index is 14.3. The fourth-order valence-electron chi connectivity index (χ4n) is 6.71. The normalized spacial score (nSPS) is 19.8. The van der Waals surface area contributed by atoms with E-state index in [-0.39, 0.29) is 23.4 Å². The molecule has 4 nitrogen and oxygen atoms in total. The summed E-state index contributed by atoms with van der Waals surface area (Å²) in [6.07, 6.45) is 1.76. The van der Waals surface area contributed by atoms with Gasteiger partial charge in [-0.15, -0.1) is 0 Å². The van der Waals surface area contributed by atoms with Crippen molar-refractivity contribution in [2.45, 2.75) is 102 Å². The second kappa shape index (κ2) is 15.7. The van der Waals surface area contributed by atoms with Crippen LogP contribution in [0.15, 0.2) is 42.5 Å². The Kier molecular flexibility index (Phi) is 12.3. The minimum atomic E-state index is -4.36. The van der Waals surface area contributed by atoms with Crippen molar-refractivity contribution in [1.82, 2.24) is 4.90 Å². The first-order chi connectivity index (χ1) is 20.9. The van der Waals surface area contributed by atoms with E-state index >= 15 is 0 Å². The quantitative estimate of drug-likeness (QED) is 0.156. The van der Waals surface area contributed by atoms with E-state index in [0.29, 0.717) is 25.8 Å². The molecule has 244 valence electrons. The first kappa shape index (κ1) is 34.4. The number of allylic oxidation sites excluding steroid dienone is 2. The van der Waals surface area contributed by atoms with Crippen LogP contribution in [0.25, 0.3) is 11.1 Å². The van der Waals surface area contributed by atoms with Gasteiger partial charge in [0, 0.05) is 19.0 Å². The maximum absolute atomic E-state index is 14.3. The van der Waals surface area contributed by atoms with Crippen LogP contribution in [0.4, 0.5) is 22.0 Å². The Bertz CT molecular complexity index is 1360. The molecule has 1 heterocycles. The molecule has 0 bridgehead atoms. The monoisotopic (exact) mass is 641 g/mol. The summed E-state index contributed by atoms with van der Waals surface area (Å²) in [6.45, 7) is 1.07. The number of likely N-dealkylation sites (tertiary alicyclic amines) is 1. The molecule has 0 amide bonds. The van der Waals surface area contributed by atoms with E-state index in [9.17, 15) is 35.5 Å². The van der Waals surface area contributed by atoms with Crippen molar-refractivity contribution < 1.29 is 35.5 Å². The van der Waals surface area contributed by atoms with Gasteiger partial charge >= 0.3 is 6.18 Å². The number of aryl methyl sites for hydroxylation is 1. The highest BCUT2D eigenvalue weighted by Gasteiger charge is 2.32. The Morgan fingerprint density at radius 1 is 0.909 bits per heavy atom. The number of rotatable bonds is 15. The zero-order valence-electron chi connectivity index (χ0n) is 25.2. The third-order valence-corrected chi connectivity index (χ3v) is 10.7. The van der Waals surface area contributed by atoms with Crippen LogP contribution >= 0.6 is 0 Å². The minimum Gasteiger partial charge on any atom is -0.508 e. The van der Waals surface area contributed by atoms with E-state index in [2.05, 4.69) is 4.90 Å². The molecule has 4 rings (SSSR count). The van der Waals surface area contributed by atoms with E-state index in [1.165, 1.54) is 23.3 Å². The average Bonchev–Trinajstić information content (AvgIpc) is 3.19. The number of unbranched alkanes of at least 4 members (excludes halogenated alkanes) is 3. The summed E-state index contributed by atoms with van der Waals surface area (Å²) in [5.74, 6) is -0.640. The molecule has 44 heavy (non-hydrogen) atoms. The van der Waals surface area contributed by atoms with Gasteiger partial charge < -0.3 is 5.11 Å². The van der Waals surface area contributed by atoms with Crippen molar-refractivity contribution in [3.63, 3.8) is 0 Å². The number of benzene rings is 2. The Hall–Kier alpha value is -2.46. The van der Waals surface area contributed by atoms with E-state index in [4.69, 9.17) is 0 Å². The highest BCUT2D eigenvalue weighted by Crippen LogP contribution is 2.39. The molecule has 10 heteroatoms. The molecule has 0 saturated carbocycles. The fourth-order valence-corrected chi connectivity index (χ4v) is 8.10. The zero-order chi connectivity index (χ0) is 31.7. The second-order valence-corrected chi connectivity index (χ2v) is 14.6. The molecular weight excluding hydrogens is 597 g/mol. The lowest BCUT2D eigenvalue weighted by atomic mass is 9.89. The number of alkyl halides is 4. The SMILES string of the molecule is O=S(=O)(CCCC1CC(F)CN1CCCCCCC1=C(c2ccc(F)cc2)CCCc2cc(O)ccc21)CCCC(F)(F)F. The van der Waals surface area contributed by atoms with Crippen LogP contribution < -0.4 is 0 Å². The van der Waals surface area contributed by atoms with Crippen molar-refractivity contribution in [1.29, 1.82) is 0 Å². The molecule has 2 unspecified atom stereocenters. The summed E-state index contributed by atoms with van der Waals surface area (Å²) >= 11 is 0. The number of hydrogen-bond acceptors (Lipinski definition) is 4. The Morgan fingerprint density at radius 2 is 1.64 bits per heavy atom. The molecule has 2 atom stereocenters. The van der Waals surface area contributed by atoms with Crippen LogP contribution in [0, 0.1) is 5.82 Å². The summed E-state index contributed by atoms with van der Waals surface area (Å²) in [4.78, 5) is 2.10. The standard InChI is InChI=1S/C34H44F5NO3S/c35-27-14-12-25(13-15-27)31-11-5-8-26-22-30(41)16-17-32(26)33(31)10-3-1-2-4-19-40-24-28(36)23-29(40)9-6-20-44(42,43)21-7-18-34(37,38)39/h12-17,22,28-29,41H,1-11,18-21,23-24H2. The van der Waals surface area contributed by atoms with E-state index in [1.807, 2.05) is 24.3 Å². The van der Waals surface area contributed by atoms with Gasteiger partial charge in [-0.2, -0.15) is 13.2 Å². The van der Waals surface area contributed by atoms with Gasteiger partial charge in [-0.25, -0.2) is 17.2 Å². The van der Waals surface area contributed by atoms with Crippen LogP contribution in [0.5, 0.6) is 5.75 Å². The molecule has 1 N–H and O–H groups in total. The van der Waals surface area contributed by atoms with Gasteiger partial charge in [0.25, 0.3) is 0 Å². The summed E-state index contributed by atoms with van der Waals surface area (Å²) in [7, 11) is -3.56. The zero-order valence-corrected chi connectivity index (χ0v) is 26.0.